The van der Waals surface area contributed by atoms with Crippen molar-refractivity contribution in [3.05, 3.63) is 0 Å². The Morgan fingerprint density at radius 1 is 1.20 bits per heavy atom. The number of rotatable bonds is 3. The van der Waals surface area contributed by atoms with Crippen LogP contribution in [0.4, 0.5) is 0 Å². The first kappa shape index (κ1) is 15.8. The van der Waals surface area contributed by atoms with E-state index in [9.17, 15) is 23.2 Å². The Labute approximate surface area is 112 Å². The van der Waals surface area contributed by atoms with E-state index in [1.54, 1.807) is 0 Å². The maximum absolute atomic E-state index is 10.4. The van der Waals surface area contributed by atoms with Gasteiger partial charge in [-0.05, 0) is 31.6 Å². The summed E-state index contributed by atoms with van der Waals surface area (Å²) in [5.41, 5.74) is 0. The zero-order valence-corrected chi connectivity index (χ0v) is 11.6. The predicted molar refractivity (Wildman–Crippen MR) is 48.5 cm³/mol. The van der Waals surface area contributed by atoms with E-state index >= 15 is 0 Å². The standard InChI is InChI=1S/C8H16O5S.Na/c9-7-2-1-6(5-8(7)10)3-4-14(11,12)13;/h6-10H,1-5H2,(H,11,12,13);/q;+1/p-1. The van der Waals surface area contributed by atoms with Crippen LogP contribution in [0.2, 0.25) is 0 Å². The molecule has 0 aromatic heterocycles. The van der Waals surface area contributed by atoms with Crippen LogP contribution in [-0.2, 0) is 10.1 Å². The van der Waals surface area contributed by atoms with Crippen molar-refractivity contribution < 1.29 is 52.7 Å². The Kier molecular flexibility index (Phi) is 6.90. The van der Waals surface area contributed by atoms with Crippen LogP contribution in [0, 0.1) is 5.92 Å². The molecule has 0 saturated heterocycles. The molecule has 1 aliphatic rings. The summed E-state index contributed by atoms with van der Waals surface area (Å²) in [7, 11) is -4.15. The molecule has 3 atom stereocenters. The average Bonchev–Trinajstić information content (AvgIpc) is 2.06. The van der Waals surface area contributed by atoms with Crippen molar-refractivity contribution in [1.29, 1.82) is 0 Å². The Hall–Kier alpha value is 0.830. The maximum atomic E-state index is 10.4. The predicted octanol–water partition coefficient (Wildman–Crippen LogP) is -3.55. The SMILES string of the molecule is O=S(=O)([O-])CCC1CCC(O)C(O)C1.[Na+]. The van der Waals surface area contributed by atoms with E-state index in [1.165, 1.54) is 0 Å². The van der Waals surface area contributed by atoms with Crippen molar-refractivity contribution in [1.82, 2.24) is 0 Å². The van der Waals surface area contributed by atoms with Gasteiger partial charge in [0.25, 0.3) is 0 Å². The van der Waals surface area contributed by atoms with Gasteiger partial charge in [-0.3, -0.25) is 0 Å². The molecule has 15 heavy (non-hydrogen) atoms. The summed E-state index contributed by atoms with van der Waals surface area (Å²) in [4.78, 5) is 0. The second-order valence-corrected chi connectivity index (χ2v) is 5.39. The monoisotopic (exact) mass is 246 g/mol. The van der Waals surface area contributed by atoms with E-state index in [-0.39, 0.29) is 47.6 Å². The minimum atomic E-state index is -4.15. The fraction of sp³-hybridized carbons (Fsp3) is 1.00. The molecule has 3 unspecified atom stereocenters. The fourth-order valence-corrected chi connectivity index (χ4v) is 2.41. The zero-order valence-electron chi connectivity index (χ0n) is 8.80. The Bertz CT molecular complexity index is 279. The minimum Gasteiger partial charge on any atom is -0.748 e. The van der Waals surface area contributed by atoms with Gasteiger partial charge in [-0.25, -0.2) is 8.42 Å². The van der Waals surface area contributed by atoms with Crippen LogP contribution in [0.25, 0.3) is 0 Å². The normalized spacial score (nSPS) is 32.1. The summed E-state index contributed by atoms with van der Waals surface area (Å²) >= 11 is 0. The second-order valence-electron chi connectivity index (χ2n) is 3.86. The van der Waals surface area contributed by atoms with Gasteiger partial charge in [0.2, 0.25) is 0 Å². The van der Waals surface area contributed by atoms with Crippen molar-refractivity contribution in [3.63, 3.8) is 0 Å². The van der Waals surface area contributed by atoms with Gasteiger partial charge >= 0.3 is 29.6 Å². The summed E-state index contributed by atoms with van der Waals surface area (Å²) < 4.78 is 31.1. The summed E-state index contributed by atoms with van der Waals surface area (Å²) in [6.07, 6.45) is 0.350. The molecule has 7 heteroatoms. The van der Waals surface area contributed by atoms with E-state index in [0.717, 1.165) is 0 Å². The smallest absolute Gasteiger partial charge is 0.748 e. The molecule has 84 valence electrons. The maximum Gasteiger partial charge on any atom is 1.00 e. The molecule has 1 rings (SSSR count). The van der Waals surface area contributed by atoms with Crippen molar-refractivity contribution in [2.24, 2.45) is 5.92 Å². The minimum absolute atomic E-state index is 0. The van der Waals surface area contributed by atoms with Crippen molar-refractivity contribution >= 4 is 10.1 Å². The number of hydrogen-bond acceptors (Lipinski definition) is 5. The van der Waals surface area contributed by atoms with Crippen molar-refractivity contribution in [2.75, 3.05) is 5.75 Å². The van der Waals surface area contributed by atoms with Crippen LogP contribution in [0.1, 0.15) is 25.7 Å². The molecule has 0 spiro atoms. The van der Waals surface area contributed by atoms with Crippen molar-refractivity contribution in [3.8, 4) is 0 Å². The molecule has 0 amide bonds. The topological polar surface area (TPSA) is 97.7 Å². The van der Waals surface area contributed by atoms with Gasteiger partial charge in [-0.15, -0.1) is 0 Å². The van der Waals surface area contributed by atoms with Gasteiger partial charge in [0.15, 0.2) is 0 Å². The average molecular weight is 246 g/mol. The number of aliphatic hydroxyl groups excluding tert-OH is 2. The van der Waals surface area contributed by atoms with Crippen LogP contribution in [-0.4, -0.2) is 41.1 Å². The molecule has 0 aromatic rings. The molecule has 1 saturated carbocycles. The molecule has 5 nitrogen and oxygen atoms in total. The Morgan fingerprint density at radius 2 is 1.80 bits per heavy atom. The van der Waals surface area contributed by atoms with Gasteiger partial charge in [0, 0.05) is 5.75 Å². The summed E-state index contributed by atoms with van der Waals surface area (Å²) in [6, 6.07) is 0. The molecule has 0 aromatic carbocycles. The first-order valence-electron chi connectivity index (χ1n) is 4.68. The van der Waals surface area contributed by atoms with Crippen LogP contribution in [0.5, 0.6) is 0 Å². The van der Waals surface area contributed by atoms with E-state index in [1.807, 2.05) is 0 Å². The molecule has 2 N–H and O–H groups in total. The summed E-state index contributed by atoms with van der Waals surface area (Å²) in [5.74, 6) is -0.336. The van der Waals surface area contributed by atoms with Crippen LogP contribution >= 0.6 is 0 Å². The van der Waals surface area contributed by atoms with Gasteiger partial charge in [0.1, 0.15) is 0 Å². The number of hydrogen-bond donors (Lipinski definition) is 2. The largest absolute Gasteiger partial charge is 1.00 e. The van der Waals surface area contributed by atoms with Crippen LogP contribution in [0.3, 0.4) is 0 Å². The molecule has 0 radical (unpaired) electrons. The van der Waals surface area contributed by atoms with Gasteiger partial charge in [-0.2, -0.15) is 0 Å². The first-order chi connectivity index (χ1) is 6.38. The molecule has 1 aliphatic carbocycles. The van der Waals surface area contributed by atoms with E-state index in [4.69, 9.17) is 0 Å². The van der Waals surface area contributed by atoms with E-state index in [0.29, 0.717) is 19.3 Å². The van der Waals surface area contributed by atoms with Gasteiger partial charge in [-0.1, -0.05) is 0 Å². The number of aliphatic hydroxyl groups is 2. The quantitative estimate of drug-likeness (QED) is 0.397. The van der Waals surface area contributed by atoms with Crippen molar-refractivity contribution in [2.45, 2.75) is 37.9 Å². The molecular weight excluding hydrogens is 231 g/mol. The van der Waals surface area contributed by atoms with E-state index in [2.05, 4.69) is 0 Å². The van der Waals surface area contributed by atoms with E-state index < -0.39 is 22.3 Å². The van der Waals surface area contributed by atoms with Gasteiger partial charge < -0.3 is 14.8 Å². The Morgan fingerprint density at radius 3 is 2.27 bits per heavy atom. The van der Waals surface area contributed by atoms with Gasteiger partial charge in [0.05, 0.1) is 22.3 Å². The molecule has 0 bridgehead atoms. The molecule has 0 aliphatic heterocycles. The molecule has 1 fully saturated rings. The molecular formula is C8H15NaO5S. The second kappa shape index (κ2) is 6.54. The third-order valence-electron chi connectivity index (χ3n) is 2.67. The summed E-state index contributed by atoms with van der Waals surface area (Å²) in [5, 5.41) is 18.5. The fourth-order valence-electron chi connectivity index (χ4n) is 1.79. The first-order valence-corrected chi connectivity index (χ1v) is 6.26. The Balaban J connectivity index is 0.00000196. The summed E-state index contributed by atoms with van der Waals surface area (Å²) in [6.45, 7) is 0. The zero-order chi connectivity index (χ0) is 10.8. The third kappa shape index (κ3) is 6.21. The molecule has 0 heterocycles. The van der Waals surface area contributed by atoms with Crippen LogP contribution in [0.15, 0.2) is 0 Å². The third-order valence-corrected chi connectivity index (χ3v) is 3.40. The van der Waals surface area contributed by atoms with Crippen LogP contribution < -0.4 is 29.6 Å².